The molecule has 8 heteroatoms. The van der Waals surface area contributed by atoms with Crippen LogP contribution in [-0.4, -0.2) is 19.5 Å². The normalized spacial score (nSPS) is 13.0. The predicted octanol–water partition coefficient (Wildman–Crippen LogP) is 3.25. The van der Waals surface area contributed by atoms with Gasteiger partial charge in [-0.25, -0.2) is 17.9 Å². The Morgan fingerprint density at radius 3 is 2.48 bits per heavy atom. The summed E-state index contributed by atoms with van der Waals surface area (Å²) in [6.07, 6.45) is 0. The minimum absolute atomic E-state index is 0.0103. The minimum Gasteiger partial charge on any atom is -0.478 e. The molecular formula is C13H12BrNO4S2. The molecule has 1 atom stereocenters. The van der Waals surface area contributed by atoms with Crippen LogP contribution in [-0.2, 0) is 10.0 Å². The summed E-state index contributed by atoms with van der Waals surface area (Å²) in [5, 5.41) is 10.1. The third-order valence-corrected chi connectivity index (χ3v) is 6.30. The van der Waals surface area contributed by atoms with E-state index in [0.29, 0.717) is 0 Å². The van der Waals surface area contributed by atoms with E-state index in [9.17, 15) is 13.2 Å². The predicted molar refractivity (Wildman–Crippen MR) is 84.2 cm³/mol. The van der Waals surface area contributed by atoms with Gasteiger partial charge in [0, 0.05) is 15.9 Å². The number of carbonyl (C=O) groups is 1. The highest BCUT2D eigenvalue weighted by Gasteiger charge is 2.21. The van der Waals surface area contributed by atoms with Crippen LogP contribution in [0.25, 0.3) is 0 Å². The molecule has 5 nitrogen and oxygen atoms in total. The van der Waals surface area contributed by atoms with Crippen LogP contribution in [0.1, 0.15) is 28.9 Å². The maximum Gasteiger partial charge on any atom is 0.336 e. The highest BCUT2D eigenvalue weighted by molar-refractivity contribution is 9.10. The molecule has 2 rings (SSSR count). The fourth-order valence-electron chi connectivity index (χ4n) is 1.68. The summed E-state index contributed by atoms with van der Waals surface area (Å²) in [7, 11) is -3.74. The van der Waals surface area contributed by atoms with Gasteiger partial charge >= 0.3 is 5.97 Å². The van der Waals surface area contributed by atoms with Crippen molar-refractivity contribution in [1.82, 2.24) is 4.72 Å². The van der Waals surface area contributed by atoms with Crippen molar-refractivity contribution in [3.8, 4) is 0 Å². The Labute approximate surface area is 134 Å². The Morgan fingerprint density at radius 1 is 1.33 bits per heavy atom. The van der Waals surface area contributed by atoms with Gasteiger partial charge in [0.2, 0.25) is 0 Å². The highest BCUT2D eigenvalue weighted by Crippen LogP contribution is 2.23. The van der Waals surface area contributed by atoms with Crippen LogP contribution in [0.2, 0.25) is 0 Å². The van der Waals surface area contributed by atoms with Gasteiger partial charge in [0.25, 0.3) is 10.0 Å². The van der Waals surface area contributed by atoms with Crippen molar-refractivity contribution in [2.45, 2.75) is 17.2 Å². The standard InChI is InChI=1S/C13H12BrNO4S2/c1-8(9-2-4-11(14)5-3-9)15-21(18,19)12-6-10(7-20-12)13(16)17/h2-8,15H,1H3,(H,16,17)/t8-/m1/s1. The first kappa shape index (κ1) is 16.2. The van der Waals surface area contributed by atoms with Gasteiger partial charge in [-0.15, -0.1) is 11.3 Å². The summed E-state index contributed by atoms with van der Waals surface area (Å²) in [6, 6.07) is 8.02. The third kappa shape index (κ3) is 3.91. The summed E-state index contributed by atoms with van der Waals surface area (Å²) in [5.74, 6) is -1.14. The number of carboxylic acid groups (broad SMARTS) is 1. The van der Waals surface area contributed by atoms with Crippen molar-refractivity contribution in [1.29, 1.82) is 0 Å². The van der Waals surface area contributed by atoms with E-state index < -0.39 is 22.0 Å². The second-order valence-electron chi connectivity index (χ2n) is 4.35. The zero-order valence-electron chi connectivity index (χ0n) is 10.9. The third-order valence-electron chi connectivity index (χ3n) is 2.79. The molecule has 0 spiro atoms. The lowest BCUT2D eigenvalue weighted by Gasteiger charge is -2.13. The molecule has 0 fully saturated rings. The summed E-state index contributed by atoms with van der Waals surface area (Å²) < 4.78 is 27.9. The molecule has 0 amide bonds. The van der Waals surface area contributed by atoms with Gasteiger partial charge in [-0.1, -0.05) is 28.1 Å². The van der Waals surface area contributed by atoms with Crippen LogP contribution >= 0.6 is 27.3 Å². The second-order valence-corrected chi connectivity index (χ2v) is 8.12. The molecule has 112 valence electrons. The van der Waals surface area contributed by atoms with Crippen LogP contribution < -0.4 is 4.72 Å². The molecule has 0 aliphatic carbocycles. The average Bonchev–Trinajstić information content (AvgIpc) is 2.89. The number of halogens is 1. The molecule has 1 aromatic carbocycles. The summed E-state index contributed by atoms with van der Waals surface area (Å²) in [4.78, 5) is 10.8. The van der Waals surface area contributed by atoms with Gasteiger partial charge < -0.3 is 5.11 Å². The first-order valence-electron chi connectivity index (χ1n) is 5.89. The molecule has 1 aromatic heterocycles. The van der Waals surface area contributed by atoms with Crippen LogP contribution in [0.15, 0.2) is 44.4 Å². The Bertz CT molecular complexity index is 753. The number of hydrogen-bond donors (Lipinski definition) is 2. The van der Waals surface area contributed by atoms with E-state index in [1.165, 1.54) is 5.38 Å². The number of sulfonamides is 1. The molecule has 21 heavy (non-hydrogen) atoms. The number of benzene rings is 1. The lowest BCUT2D eigenvalue weighted by Crippen LogP contribution is -2.26. The van der Waals surface area contributed by atoms with Gasteiger partial charge in [-0.3, -0.25) is 0 Å². The maximum atomic E-state index is 12.2. The summed E-state index contributed by atoms with van der Waals surface area (Å²) in [6.45, 7) is 1.73. The van der Waals surface area contributed by atoms with Gasteiger partial charge in [0.1, 0.15) is 4.21 Å². The van der Waals surface area contributed by atoms with E-state index in [0.717, 1.165) is 27.4 Å². The van der Waals surface area contributed by atoms with Crippen molar-refractivity contribution >= 4 is 43.3 Å². The van der Waals surface area contributed by atoms with Gasteiger partial charge in [-0.2, -0.15) is 0 Å². The number of nitrogens with one attached hydrogen (secondary N) is 1. The Kier molecular flexibility index (Phi) is 4.82. The highest BCUT2D eigenvalue weighted by atomic mass is 79.9. The number of rotatable bonds is 5. The summed E-state index contributed by atoms with van der Waals surface area (Å²) in [5.41, 5.74) is 0.786. The monoisotopic (exact) mass is 389 g/mol. The maximum absolute atomic E-state index is 12.2. The quantitative estimate of drug-likeness (QED) is 0.821. The van der Waals surface area contributed by atoms with E-state index in [-0.39, 0.29) is 9.77 Å². The van der Waals surface area contributed by atoms with E-state index in [1.807, 2.05) is 24.3 Å². The van der Waals surface area contributed by atoms with Gasteiger partial charge in [0.05, 0.1) is 5.56 Å². The topological polar surface area (TPSA) is 83.5 Å². The second kappa shape index (κ2) is 6.27. The molecule has 0 bridgehead atoms. The van der Waals surface area contributed by atoms with E-state index >= 15 is 0 Å². The molecule has 0 saturated heterocycles. The smallest absolute Gasteiger partial charge is 0.336 e. The molecule has 0 unspecified atom stereocenters. The number of thiophene rings is 1. The average molecular weight is 390 g/mol. The number of hydrogen-bond acceptors (Lipinski definition) is 4. The van der Waals surface area contributed by atoms with Crippen LogP contribution in [0.5, 0.6) is 0 Å². The number of aromatic carboxylic acids is 1. The lowest BCUT2D eigenvalue weighted by molar-refractivity contribution is 0.0697. The van der Waals surface area contributed by atoms with Crippen molar-refractivity contribution in [2.75, 3.05) is 0 Å². The minimum atomic E-state index is -3.74. The SMILES string of the molecule is C[C@@H](NS(=O)(=O)c1cc(C(=O)O)cs1)c1ccc(Br)cc1. The molecule has 2 aromatic rings. The Balaban J connectivity index is 2.20. The molecule has 0 aliphatic rings. The van der Waals surface area contributed by atoms with E-state index in [2.05, 4.69) is 20.7 Å². The lowest BCUT2D eigenvalue weighted by atomic mass is 10.1. The zero-order valence-corrected chi connectivity index (χ0v) is 14.1. The number of carboxylic acids is 1. The molecule has 0 aliphatic heterocycles. The van der Waals surface area contributed by atoms with Crippen molar-refractivity contribution in [2.24, 2.45) is 0 Å². The molecule has 1 heterocycles. The molecule has 2 N–H and O–H groups in total. The van der Waals surface area contributed by atoms with Crippen molar-refractivity contribution < 1.29 is 18.3 Å². The van der Waals surface area contributed by atoms with Gasteiger partial charge in [-0.05, 0) is 30.7 Å². The van der Waals surface area contributed by atoms with Gasteiger partial charge in [0.15, 0.2) is 0 Å². The first-order chi connectivity index (χ1) is 9.79. The largest absolute Gasteiger partial charge is 0.478 e. The van der Waals surface area contributed by atoms with Crippen molar-refractivity contribution in [3.63, 3.8) is 0 Å². The van der Waals surface area contributed by atoms with Crippen LogP contribution in [0.4, 0.5) is 0 Å². The Morgan fingerprint density at radius 2 is 1.95 bits per heavy atom. The zero-order chi connectivity index (χ0) is 15.6. The fraction of sp³-hybridized carbons (Fsp3) is 0.154. The molecule has 0 saturated carbocycles. The fourth-order valence-corrected chi connectivity index (χ4v) is 4.35. The van der Waals surface area contributed by atoms with E-state index in [4.69, 9.17) is 5.11 Å². The molecule has 0 radical (unpaired) electrons. The first-order valence-corrected chi connectivity index (χ1v) is 9.05. The van der Waals surface area contributed by atoms with E-state index in [1.54, 1.807) is 6.92 Å². The summed E-state index contributed by atoms with van der Waals surface area (Å²) >= 11 is 4.20. The Hall–Kier alpha value is -1.22. The van der Waals surface area contributed by atoms with Crippen LogP contribution in [0, 0.1) is 0 Å². The van der Waals surface area contributed by atoms with Crippen molar-refractivity contribution in [3.05, 3.63) is 51.3 Å². The van der Waals surface area contributed by atoms with Crippen LogP contribution in [0.3, 0.4) is 0 Å². The molecular weight excluding hydrogens is 378 g/mol.